The summed E-state index contributed by atoms with van der Waals surface area (Å²) in [5.74, 6) is -0.0574. The van der Waals surface area contributed by atoms with Crippen molar-refractivity contribution in [3.05, 3.63) is 28.2 Å². The number of aromatic nitrogens is 2. The molecule has 0 atom stereocenters. The van der Waals surface area contributed by atoms with Gasteiger partial charge in [-0.1, -0.05) is 0 Å². The lowest BCUT2D eigenvalue weighted by atomic mass is 10.3. The van der Waals surface area contributed by atoms with Crippen LogP contribution >= 0.6 is 0 Å². The molecule has 1 aliphatic rings. The van der Waals surface area contributed by atoms with Crippen LogP contribution in [0.2, 0.25) is 0 Å². The Morgan fingerprint density at radius 2 is 2.10 bits per heavy atom. The van der Waals surface area contributed by atoms with Crippen molar-refractivity contribution in [2.24, 2.45) is 0 Å². The molecule has 1 aromatic rings. The van der Waals surface area contributed by atoms with Gasteiger partial charge in [-0.3, -0.25) is 14.4 Å². The first-order chi connectivity index (χ1) is 9.56. The monoisotopic (exact) mass is 278 g/mol. The van der Waals surface area contributed by atoms with Gasteiger partial charge in [0, 0.05) is 25.5 Å². The molecule has 0 bridgehead atoms. The number of nitrogens with zero attached hydrogens (tertiary/aromatic N) is 2. The molecule has 1 saturated carbocycles. The van der Waals surface area contributed by atoms with E-state index in [0.29, 0.717) is 19.0 Å². The summed E-state index contributed by atoms with van der Waals surface area (Å²) in [4.78, 5) is 33.7. The second-order valence-electron chi connectivity index (χ2n) is 4.85. The normalized spacial score (nSPS) is 13.8. The molecule has 0 radical (unpaired) electrons. The van der Waals surface area contributed by atoms with Gasteiger partial charge >= 0.3 is 0 Å². The first-order valence-electron chi connectivity index (χ1n) is 6.65. The third-order valence-corrected chi connectivity index (χ3v) is 3.03. The maximum atomic E-state index is 11.6. The largest absolute Gasteiger partial charge is 0.353 e. The van der Waals surface area contributed by atoms with Crippen molar-refractivity contribution in [1.29, 1.82) is 0 Å². The van der Waals surface area contributed by atoms with Crippen molar-refractivity contribution in [3.8, 4) is 0 Å². The van der Waals surface area contributed by atoms with Crippen molar-refractivity contribution < 1.29 is 9.59 Å². The summed E-state index contributed by atoms with van der Waals surface area (Å²) in [5, 5.41) is 9.32. The van der Waals surface area contributed by atoms with Gasteiger partial charge in [-0.05, 0) is 18.9 Å². The number of nitrogens with one attached hydrogen (secondary N) is 2. The lowest BCUT2D eigenvalue weighted by Crippen LogP contribution is -2.38. The van der Waals surface area contributed by atoms with Crippen LogP contribution in [0.3, 0.4) is 0 Å². The highest BCUT2D eigenvalue weighted by molar-refractivity contribution is 5.83. The van der Waals surface area contributed by atoms with Gasteiger partial charge in [-0.15, -0.1) is 0 Å². The molecular formula is C13H18N4O3. The van der Waals surface area contributed by atoms with Gasteiger partial charge in [-0.2, -0.15) is 5.10 Å². The Labute approximate surface area is 116 Å². The molecule has 1 aliphatic carbocycles. The third kappa shape index (κ3) is 4.18. The summed E-state index contributed by atoms with van der Waals surface area (Å²) < 4.78 is 1.37. The molecule has 0 unspecified atom stereocenters. The molecule has 2 N–H and O–H groups in total. The van der Waals surface area contributed by atoms with Gasteiger partial charge in [-0.25, -0.2) is 4.68 Å². The van der Waals surface area contributed by atoms with Crippen LogP contribution in [0.4, 0.5) is 0 Å². The lowest BCUT2D eigenvalue weighted by Gasteiger charge is -2.08. The van der Waals surface area contributed by atoms with E-state index in [1.165, 1.54) is 17.7 Å². The number of carbonyl (C=O) groups is 2. The van der Waals surface area contributed by atoms with Crippen molar-refractivity contribution in [3.63, 3.8) is 0 Å². The van der Waals surface area contributed by atoms with Crippen molar-refractivity contribution in [2.75, 3.05) is 13.1 Å². The Morgan fingerprint density at radius 3 is 2.75 bits per heavy atom. The van der Waals surface area contributed by atoms with E-state index in [0.717, 1.165) is 18.5 Å². The van der Waals surface area contributed by atoms with E-state index in [1.54, 1.807) is 6.07 Å². The summed E-state index contributed by atoms with van der Waals surface area (Å²) in [7, 11) is 0. The van der Waals surface area contributed by atoms with Crippen LogP contribution < -0.4 is 16.2 Å². The Morgan fingerprint density at radius 1 is 1.35 bits per heavy atom. The number of hydrogen-bond acceptors (Lipinski definition) is 4. The topological polar surface area (TPSA) is 93.1 Å². The van der Waals surface area contributed by atoms with Gasteiger partial charge < -0.3 is 10.6 Å². The molecule has 0 aromatic carbocycles. The smallest absolute Gasteiger partial charge is 0.266 e. The molecule has 1 fully saturated rings. The zero-order valence-corrected chi connectivity index (χ0v) is 11.4. The average Bonchev–Trinajstić information content (AvgIpc) is 3.23. The molecule has 2 rings (SSSR count). The number of amides is 2. The predicted octanol–water partition coefficient (Wildman–Crippen LogP) is -0.627. The van der Waals surface area contributed by atoms with Gasteiger partial charge in [0.1, 0.15) is 0 Å². The Balaban J connectivity index is 1.81. The van der Waals surface area contributed by atoms with E-state index in [4.69, 9.17) is 0 Å². The Hall–Kier alpha value is -2.18. The zero-order chi connectivity index (χ0) is 14.5. The SMILES string of the molecule is CC(=O)NCC(=O)NCCn1nc(C2CC2)ccc1=O. The van der Waals surface area contributed by atoms with Crippen molar-refractivity contribution in [1.82, 2.24) is 20.4 Å². The van der Waals surface area contributed by atoms with Gasteiger partial charge in [0.25, 0.3) is 5.56 Å². The van der Waals surface area contributed by atoms with Gasteiger partial charge in [0.2, 0.25) is 11.8 Å². The first kappa shape index (κ1) is 14.2. The maximum Gasteiger partial charge on any atom is 0.266 e. The highest BCUT2D eigenvalue weighted by atomic mass is 16.2. The fourth-order valence-electron chi connectivity index (χ4n) is 1.79. The highest BCUT2D eigenvalue weighted by Crippen LogP contribution is 2.38. The Kier molecular flexibility index (Phi) is 4.49. The second kappa shape index (κ2) is 6.31. The molecule has 1 heterocycles. The predicted molar refractivity (Wildman–Crippen MR) is 72.2 cm³/mol. The summed E-state index contributed by atoms with van der Waals surface area (Å²) in [6.07, 6.45) is 2.25. The van der Waals surface area contributed by atoms with E-state index in [9.17, 15) is 14.4 Å². The zero-order valence-electron chi connectivity index (χ0n) is 11.4. The van der Waals surface area contributed by atoms with Gasteiger partial charge in [0.15, 0.2) is 0 Å². The molecule has 7 heteroatoms. The van der Waals surface area contributed by atoms with Crippen molar-refractivity contribution in [2.45, 2.75) is 32.2 Å². The number of hydrogen-bond donors (Lipinski definition) is 2. The minimum atomic E-state index is -0.286. The molecule has 20 heavy (non-hydrogen) atoms. The van der Waals surface area contributed by atoms with Crippen molar-refractivity contribution >= 4 is 11.8 Å². The average molecular weight is 278 g/mol. The summed E-state index contributed by atoms with van der Waals surface area (Å²) in [5.41, 5.74) is 0.764. The summed E-state index contributed by atoms with van der Waals surface area (Å²) >= 11 is 0. The van der Waals surface area contributed by atoms with E-state index in [-0.39, 0.29) is 23.9 Å². The maximum absolute atomic E-state index is 11.6. The molecule has 0 spiro atoms. The van der Waals surface area contributed by atoms with Crippen LogP contribution in [-0.4, -0.2) is 34.7 Å². The molecule has 7 nitrogen and oxygen atoms in total. The highest BCUT2D eigenvalue weighted by Gasteiger charge is 2.25. The van der Waals surface area contributed by atoms with E-state index in [2.05, 4.69) is 15.7 Å². The fraction of sp³-hybridized carbons (Fsp3) is 0.538. The van der Waals surface area contributed by atoms with Crippen LogP contribution in [0.1, 0.15) is 31.4 Å². The molecule has 0 saturated heterocycles. The van der Waals surface area contributed by atoms with Crippen LogP contribution in [0.25, 0.3) is 0 Å². The standard InChI is InChI=1S/C13H18N4O3/c1-9(18)15-8-12(19)14-6-7-17-13(20)5-4-11(16-17)10-2-3-10/h4-5,10H,2-3,6-8H2,1H3,(H,14,19)(H,15,18). The Bertz CT molecular complexity index is 563. The fourth-order valence-corrected chi connectivity index (χ4v) is 1.79. The molecular weight excluding hydrogens is 260 g/mol. The molecule has 0 aliphatic heterocycles. The first-order valence-corrected chi connectivity index (χ1v) is 6.65. The van der Waals surface area contributed by atoms with Crippen LogP contribution in [0.5, 0.6) is 0 Å². The lowest BCUT2D eigenvalue weighted by molar-refractivity contribution is -0.125. The number of rotatable bonds is 6. The van der Waals surface area contributed by atoms with Crippen LogP contribution in [0, 0.1) is 0 Å². The molecule has 108 valence electrons. The third-order valence-electron chi connectivity index (χ3n) is 3.03. The summed E-state index contributed by atoms with van der Waals surface area (Å²) in [6, 6.07) is 3.28. The number of carbonyl (C=O) groups excluding carboxylic acids is 2. The van der Waals surface area contributed by atoms with E-state index >= 15 is 0 Å². The summed E-state index contributed by atoms with van der Waals surface area (Å²) in [6.45, 7) is 1.92. The molecule has 1 aromatic heterocycles. The van der Waals surface area contributed by atoms with E-state index < -0.39 is 0 Å². The van der Waals surface area contributed by atoms with E-state index in [1.807, 2.05) is 0 Å². The minimum absolute atomic E-state index is 0.0558. The second-order valence-corrected chi connectivity index (χ2v) is 4.85. The van der Waals surface area contributed by atoms with Crippen LogP contribution in [0.15, 0.2) is 16.9 Å². The van der Waals surface area contributed by atoms with Gasteiger partial charge in [0.05, 0.1) is 18.8 Å². The van der Waals surface area contributed by atoms with Crippen LogP contribution in [-0.2, 0) is 16.1 Å². The minimum Gasteiger partial charge on any atom is -0.353 e. The quantitative estimate of drug-likeness (QED) is 0.725. The molecule has 2 amide bonds.